The summed E-state index contributed by atoms with van der Waals surface area (Å²) in [6, 6.07) is 5.40. The SMILES string of the molecule is CCOC(=O)C1=C(C)NC(C)=C(C(=O)OC(C)(C)C)C1c1ccc2c(c1)OCO2. The molecule has 0 aromatic heterocycles. The molecular weight excluding hydrogens is 374 g/mol. The molecule has 2 aliphatic heterocycles. The van der Waals surface area contributed by atoms with Crippen LogP contribution in [0.4, 0.5) is 0 Å². The molecule has 0 bridgehead atoms. The van der Waals surface area contributed by atoms with Gasteiger partial charge in [0.2, 0.25) is 6.79 Å². The molecule has 1 N–H and O–H groups in total. The van der Waals surface area contributed by atoms with Gasteiger partial charge < -0.3 is 24.3 Å². The highest BCUT2D eigenvalue weighted by Crippen LogP contribution is 2.43. The third kappa shape index (κ3) is 4.23. The summed E-state index contributed by atoms with van der Waals surface area (Å²) in [7, 11) is 0. The largest absolute Gasteiger partial charge is 0.463 e. The number of benzene rings is 1. The van der Waals surface area contributed by atoms with E-state index in [1.165, 1.54) is 0 Å². The molecule has 7 nitrogen and oxygen atoms in total. The summed E-state index contributed by atoms with van der Waals surface area (Å²) in [5.41, 5.74) is 2.05. The number of esters is 2. The fourth-order valence-corrected chi connectivity index (χ4v) is 3.50. The van der Waals surface area contributed by atoms with Crippen LogP contribution in [-0.2, 0) is 19.1 Å². The fourth-order valence-electron chi connectivity index (χ4n) is 3.50. The van der Waals surface area contributed by atoms with Crippen molar-refractivity contribution >= 4 is 11.9 Å². The second kappa shape index (κ2) is 7.81. The second-order valence-corrected chi connectivity index (χ2v) is 7.97. The summed E-state index contributed by atoms with van der Waals surface area (Å²) in [5.74, 6) is -0.420. The zero-order valence-corrected chi connectivity index (χ0v) is 17.7. The lowest BCUT2D eigenvalue weighted by atomic mass is 9.80. The molecule has 1 aromatic carbocycles. The molecule has 0 radical (unpaired) electrons. The standard InChI is InChI=1S/C22H27NO6/c1-7-26-20(24)17-12(2)23-13(3)18(21(25)29-22(4,5)6)19(17)14-8-9-15-16(10-14)28-11-27-15/h8-10,19,23H,7,11H2,1-6H3. The first-order valence-electron chi connectivity index (χ1n) is 9.61. The van der Waals surface area contributed by atoms with Crippen LogP contribution in [0.2, 0.25) is 0 Å². The molecule has 2 aliphatic rings. The maximum atomic E-state index is 13.1. The number of hydrogen-bond acceptors (Lipinski definition) is 7. The molecule has 1 unspecified atom stereocenters. The minimum atomic E-state index is -0.676. The Balaban J connectivity index is 2.14. The van der Waals surface area contributed by atoms with Gasteiger partial charge in [-0.2, -0.15) is 0 Å². The monoisotopic (exact) mass is 401 g/mol. The van der Waals surface area contributed by atoms with Gasteiger partial charge >= 0.3 is 11.9 Å². The van der Waals surface area contributed by atoms with Crippen LogP contribution in [0.1, 0.15) is 53.0 Å². The topological polar surface area (TPSA) is 83.1 Å². The van der Waals surface area contributed by atoms with Crippen LogP contribution in [0.5, 0.6) is 11.5 Å². The summed E-state index contributed by atoms with van der Waals surface area (Å²) < 4.78 is 21.8. The second-order valence-electron chi connectivity index (χ2n) is 7.97. The molecule has 2 heterocycles. The van der Waals surface area contributed by atoms with Crippen LogP contribution >= 0.6 is 0 Å². The summed E-state index contributed by atoms with van der Waals surface area (Å²) in [6.45, 7) is 11.1. The van der Waals surface area contributed by atoms with E-state index < -0.39 is 23.5 Å². The molecule has 7 heteroatoms. The molecule has 156 valence electrons. The zero-order chi connectivity index (χ0) is 21.3. The molecule has 0 spiro atoms. The number of carbonyl (C=O) groups is 2. The van der Waals surface area contributed by atoms with Crippen LogP contribution < -0.4 is 14.8 Å². The van der Waals surface area contributed by atoms with Gasteiger partial charge in [-0.1, -0.05) is 6.07 Å². The molecular formula is C22H27NO6. The van der Waals surface area contributed by atoms with Gasteiger partial charge in [-0.3, -0.25) is 0 Å². The highest BCUT2D eigenvalue weighted by atomic mass is 16.7. The van der Waals surface area contributed by atoms with Crippen molar-refractivity contribution in [2.24, 2.45) is 0 Å². The van der Waals surface area contributed by atoms with E-state index in [2.05, 4.69) is 5.32 Å². The molecule has 1 aromatic rings. The zero-order valence-electron chi connectivity index (χ0n) is 17.7. The Bertz CT molecular complexity index is 906. The number of dihydropyridines is 1. The Kier molecular flexibility index (Phi) is 5.59. The summed E-state index contributed by atoms with van der Waals surface area (Å²) in [6.07, 6.45) is 0. The molecule has 29 heavy (non-hydrogen) atoms. The van der Waals surface area contributed by atoms with Crippen LogP contribution in [0.3, 0.4) is 0 Å². The van der Waals surface area contributed by atoms with Crippen molar-refractivity contribution in [3.8, 4) is 11.5 Å². The number of hydrogen-bond donors (Lipinski definition) is 1. The normalized spacial score (nSPS) is 18.5. The van der Waals surface area contributed by atoms with E-state index in [1.807, 2.05) is 6.07 Å². The fraction of sp³-hybridized carbons (Fsp3) is 0.455. The van der Waals surface area contributed by atoms with E-state index in [1.54, 1.807) is 53.7 Å². The van der Waals surface area contributed by atoms with Crippen molar-refractivity contribution in [1.29, 1.82) is 0 Å². The Morgan fingerprint density at radius 3 is 2.31 bits per heavy atom. The highest BCUT2D eigenvalue weighted by Gasteiger charge is 2.39. The van der Waals surface area contributed by atoms with E-state index in [-0.39, 0.29) is 13.4 Å². The number of rotatable bonds is 4. The third-order valence-electron chi connectivity index (χ3n) is 4.60. The minimum Gasteiger partial charge on any atom is -0.463 e. The molecule has 3 rings (SSSR count). The summed E-state index contributed by atoms with van der Waals surface area (Å²) >= 11 is 0. The van der Waals surface area contributed by atoms with Gasteiger partial charge in [0.15, 0.2) is 11.5 Å². The van der Waals surface area contributed by atoms with Crippen LogP contribution in [-0.4, -0.2) is 30.9 Å². The van der Waals surface area contributed by atoms with Crippen molar-refractivity contribution in [3.63, 3.8) is 0 Å². The Morgan fingerprint density at radius 2 is 1.69 bits per heavy atom. The van der Waals surface area contributed by atoms with Crippen molar-refractivity contribution < 1.29 is 28.5 Å². The average Bonchev–Trinajstić information content (AvgIpc) is 3.07. The Labute approximate surface area is 170 Å². The molecule has 0 fully saturated rings. The molecule has 0 amide bonds. The van der Waals surface area contributed by atoms with Gasteiger partial charge in [-0.25, -0.2) is 9.59 Å². The molecule has 0 saturated carbocycles. The number of ether oxygens (including phenoxy) is 4. The van der Waals surface area contributed by atoms with Crippen molar-refractivity contribution in [3.05, 3.63) is 46.3 Å². The number of nitrogens with one attached hydrogen (secondary N) is 1. The number of allylic oxidation sites excluding steroid dienone is 2. The predicted molar refractivity (Wildman–Crippen MR) is 106 cm³/mol. The van der Waals surface area contributed by atoms with Crippen molar-refractivity contribution in [2.75, 3.05) is 13.4 Å². The predicted octanol–water partition coefficient (Wildman–Crippen LogP) is 3.55. The van der Waals surface area contributed by atoms with Crippen LogP contribution in [0.25, 0.3) is 0 Å². The van der Waals surface area contributed by atoms with E-state index >= 15 is 0 Å². The van der Waals surface area contributed by atoms with Gasteiger partial charge in [0.05, 0.1) is 23.7 Å². The van der Waals surface area contributed by atoms with E-state index in [9.17, 15) is 9.59 Å². The smallest absolute Gasteiger partial charge is 0.337 e. The maximum Gasteiger partial charge on any atom is 0.337 e. The van der Waals surface area contributed by atoms with E-state index in [4.69, 9.17) is 18.9 Å². The Morgan fingerprint density at radius 1 is 1.07 bits per heavy atom. The first kappa shape index (κ1) is 20.8. The van der Waals surface area contributed by atoms with Crippen LogP contribution in [0, 0.1) is 0 Å². The molecule has 1 atom stereocenters. The van der Waals surface area contributed by atoms with Gasteiger partial charge in [0.25, 0.3) is 0 Å². The summed E-state index contributed by atoms with van der Waals surface area (Å²) in [4.78, 5) is 26.0. The third-order valence-corrected chi connectivity index (χ3v) is 4.60. The van der Waals surface area contributed by atoms with Gasteiger partial charge in [0.1, 0.15) is 5.60 Å². The minimum absolute atomic E-state index is 0.137. The lowest BCUT2D eigenvalue weighted by Gasteiger charge is -2.32. The lowest BCUT2D eigenvalue weighted by Crippen LogP contribution is -2.35. The quantitative estimate of drug-likeness (QED) is 0.773. The van der Waals surface area contributed by atoms with Gasteiger partial charge in [0, 0.05) is 11.4 Å². The first-order chi connectivity index (χ1) is 13.6. The number of carbonyl (C=O) groups excluding carboxylic acids is 2. The van der Waals surface area contributed by atoms with E-state index in [0.29, 0.717) is 34.0 Å². The van der Waals surface area contributed by atoms with Crippen LogP contribution in [0.15, 0.2) is 40.7 Å². The highest BCUT2D eigenvalue weighted by molar-refractivity contribution is 6.00. The van der Waals surface area contributed by atoms with Gasteiger partial charge in [-0.15, -0.1) is 0 Å². The average molecular weight is 401 g/mol. The number of fused-ring (bicyclic) bond motifs is 1. The van der Waals surface area contributed by atoms with Gasteiger partial charge in [-0.05, 0) is 59.2 Å². The molecule has 0 aliphatic carbocycles. The Hall–Kier alpha value is -2.96. The van der Waals surface area contributed by atoms with Crippen molar-refractivity contribution in [2.45, 2.75) is 53.1 Å². The lowest BCUT2D eigenvalue weighted by molar-refractivity contribution is -0.150. The maximum absolute atomic E-state index is 13.1. The van der Waals surface area contributed by atoms with E-state index in [0.717, 1.165) is 5.56 Å². The first-order valence-corrected chi connectivity index (χ1v) is 9.61. The summed E-state index contributed by atoms with van der Waals surface area (Å²) in [5, 5.41) is 3.14. The van der Waals surface area contributed by atoms with Crippen molar-refractivity contribution in [1.82, 2.24) is 5.32 Å². The molecule has 0 saturated heterocycles.